The van der Waals surface area contributed by atoms with Gasteiger partial charge in [0.2, 0.25) is 0 Å². The van der Waals surface area contributed by atoms with Crippen LogP contribution in [-0.2, 0) is 4.79 Å². The van der Waals surface area contributed by atoms with Crippen LogP contribution in [0.25, 0.3) is 0 Å². The van der Waals surface area contributed by atoms with Crippen molar-refractivity contribution >= 4 is 6.29 Å². The van der Waals surface area contributed by atoms with Crippen molar-refractivity contribution in [2.45, 2.75) is 59.8 Å². The Labute approximate surface area is 135 Å². The molecule has 0 saturated heterocycles. The maximum atomic E-state index is 10.5. The van der Waals surface area contributed by atoms with Crippen LogP contribution in [-0.4, -0.2) is 6.29 Å². The molecule has 0 heterocycles. The molecule has 0 N–H and O–H groups in total. The minimum Gasteiger partial charge on any atom is -0.299 e. The standard InChI is InChI=1S/C21H28O/c1-16(19-10-8-18(9-11-19)13-15-22)7-12-20-17(2)6-5-14-21(20,3)4/h7-8,10,12-13,15H,5-6,9,11,14H2,1-4H3. The number of allylic oxidation sites excluding steroid dienone is 10. The predicted octanol–water partition coefficient (Wildman–Crippen LogP) is 5.86. The van der Waals surface area contributed by atoms with Gasteiger partial charge in [0, 0.05) is 0 Å². The third kappa shape index (κ3) is 3.97. The normalized spacial score (nSPS) is 25.9. The summed E-state index contributed by atoms with van der Waals surface area (Å²) in [5.74, 6) is 0. The molecule has 0 bridgehead atoms. The van der Waals surface area contributed by atoms with Crippen LogP contribution in [0.5, 0.6) is 0 Å². The predicted molar refractivity (Wildman–Crippen MR) is 94.7 cm³/mol. The molecule has 0 fully saturated rings. The molecule has 0 aromatic rings. The fourth-order valence-electron chi connectivity index (χ4n) is 3.53. The second-order valence-electron chi connectivity index (χ2n) is 7.18. The Morgan fingerprint density at radius 3 is 2.55 bits per heavy atom. The Hall–Kier alpha value is -1.63. The molecule has 0 aromatic carbocycles. The molecule has 0 spiro atoms. The van der Waals surface area contributed by atoms with Crippen LogP contribution in [0.1, 0.15) is 59.8 Å². The van der Waals surface area contributed by atoms with E-state index in [-0.39, 0.29) is 0 Å². The van der Waals surface area contributed by atoms with E-state index in [0.717, 1.165) is 24.7 Å². The van der Waals surface area contributed by atoms with Gasteiger partial charge in [-0.3, -0.25) is 4.79 Å². The summed E-state index contributed by atoms with van der Waals surface area (Å²) in [5.41, 5.74) is 7.20. The Bertz CT molecular complexity index is 591. The molecule has 22 heavy (non-hydrogen) atoms. The molecule has 1 nitrogen and oxygen atoms in total. The molecule has 2 rings (SSSR count). The number of hydrogen-bond acceptors (Lipinski definition) is 1. The lowest BCUT2D eigenvalue weighted by molar-refractivity contribution is -0.104. The van der Waals surface area contributed by atoms with Gasteiger partial charge in [0.1, 0.15) is 6.29 Å². The average molecular weight is 296 g/mol. The molecule has 2 aliphatic rings. The van der Waals surface area contributed by atoms with E-state index in [4.69, 9.17) is 0 Å². The van der Waals surface area contributed by atoms with E-state index in [1.54, 1.807) is 11.6 Å². The Kier molecular flexibility index (Phi) is 5.39. The summed E-state index contributed by atoms with van der Waals surface area (Å²) >= 11 is 0. The van der Waals surface area contributed by atoms with Crippen LogP contribution in [0, 0.1) is 5.41 Å². The summed E-state index contributed by atoms with van der Waals surface area (Å²) in [4.78, 5) is 10.5. The van der Waals surface area contributed by atoms with Crippen molar-refractivity contribution in [2.24, 2.45) is 5.41 Å². The van der Waals surface area contributed by atoms with E-state index in [1.165, 1.54) is 36.0 Å². The molecular formula is C21H28O. The van der Waals surface area contributed by atoms with Gasteiger partial charge < -0.3 is 0 Å². The van der Waals surface area contributed by atoms with E-state index in [9.17, 15) is 4.79 Å². The van der Waals surface area contributed by atoms with Crippen LogP contribution in [0.2, 0.25) is 0 Å². The van der Waals surface area contributed by atoms with Gasteiger partial charge in [0.25, 0.3) is 0 Å². The number of hydrogen-bond donors (Lipinski definition) is 0. The Morgan fingerprint density at radius 1 is 1.18 bits per heavy atom. The van der Waals surface area contributed by atoms with Crippen LogP contribution in [0.4, 0.5) is 0 Å². The maximum Gasteiger partial charge on any atom is 0.143 e. The van der Waals surface area contributed by atoms with Gasteiger partial charge in [-0.1, -0.05) is 43.7 Å². The van der Waals surface area contributed by atoms with Crippen molar-refractivity contribution in [1.29, 1.82) is 0 Å². The minimum absolute atomic E-state index is 0.298. The van der Waals surface area contributed by atoms with Gasteiger partial charge in [-0.05, 0) is 79.7 Å². The summed E-state index contributed by atoms with van der Waals surface area (Å²) in [6.07, 6.45) is 17.2. The minimum atomic E-state index is 0.298. The number of carbonyl (C=O) groups is 1. The van der Waals surface area contributed by atoms with Crippen molar-refractivity contribution in [2.75, 3.05) is 0 Å². The van der Waals surface area contributed by atoms with Crippen molar-refractivity contribution in [1.82, 2.24) is 0 Å². The number of rotatable bonds is 3. The van der Waals surface area contributed by atoms with E-state index in [0.29, 0.717) is 5.41 Å². The second-order valence-corrected chi connectivity index (χ2v) is 7.18. The molecule has 0 radical (unpaired) electrons. The molecule has 2 aliphatic carbocycles. The zero-order valence-electron chi connectivity index (χ0n) is 14.4. The lowest BCUT2D eigenvalue weighted by Gasteiger charge is -2.33. The Balaban J connectivity index is 2.20. The van der Waals surface area contributed by atoms with E-state index >= 15 is 0 Å². The molecular weight excluding hydrogens is 268 g/mol. The van der Waals surface area contributed by atoms with Crippen LogP contribution >= 0.6 is 0 Å². The number of aldehydes is 1. The first-order chi connectivity index (χ1) is 10.4. The molecule has 118 valence electrons. The van der Waals surface area contributed by atoms with Gasteiger partial charge in [-0.25, -0.2) is 0 Å². The summed E-state index contributed by atoms with van der Waals surface area (Å²) in [7, 11) is 0. The molecule has 0 atom stereocenters. The van der Waals surface area contributed by atoms with E-state index in [1.807, 2.05) is 0 Å². The van der Waals surface area contributed by atoms with Gasteiger partial charge in [-0.2, -0.15) is 0 Å². The lowest BCUT2D eigenvalue weighted by Crippen LogP contribution is -2.19. The van der Waals surface area contributed by atoms with Crippen molar-refractivity contribution in [3.05, 3.63) is 58.2 Å². The smallest absolute Gasteiger partial charge is 0.143 e. The highest BCUT2D eigenvalue weighted by atomic mass is 16.1. The van der Waals surface area contributed by atoms with Gasteiger partial charge >= 0.3 is 0 Å². The second kappa shape index (κ2) is 7.09. The van der Waals surface area contributed by atoms with Crippen LogP contribution < -0.4 is 0 Å². The third-order valence-corrected chi connectivity index (χ3v) is 5.01. The first-order valence-electron chi connectivity index (χ1n) is 8.34. The fourth-order valence-corrected chi connectivity index (χ4v) is 3.53. The quantitative estimate of drug-likeness (QED) is 0.471. The van der Waals surface area contributed by atoms with Crippen molar-refractivity contribution in [3.8, 4) is 0 Å². The first kappa shape index (κ1) is 16.7. The molecule has 0 amide bonds. The zero-order chi connectivity index (χ0) is 16.2. The highest BCUT2D eigenvalue weighted by Crippen LogP contribution is 2.41. The largest absolute Gasteiger partial charge is 0.299 e. The molecule has 0 saturated carbocycles. The Morgan fingerprint density at radius 2 is 1.95 bits per heavy atom. The first-order valence-corrected chi connectivity index (χ1v) is 8.34. The summed E-state index contributed by atoms with van der Waals surface area (Å²) < 4.78 is 0. The summed E-state index contributed by atoms with van der Waals surface area (Å²) in [6.45, 7) is 9.18. The molecule has 1 heteroatoms. The van der Waals surface area contributed by atoms with E-state index < -0.39 is 0 Å². The van der Waals surface area contributed by atoms with Crippen molar-refractivity contribution in [3.63, 3.8) is 0 Å². The lowest BCUT2D eigenvalue weighted by atomic mass is 9.72. The monoisotopic (exact) mass is 296 g/mol. The highest BCUT2D eigenvalue weighted by Gasteiger charge is 2.26. The average Bonchev–Trinajstić information content (AvgIpc) is 2.47. The van der Waals surface area contributed by atoms with Gasteiger partial charge in [0.05, 0.1) is 0 Å². The van der Waals surface area contributed by atoms with Crippen molar-refractivity contribution < 1.29 is 4.79 Å². The third-order valence-electron chi connectivity index (χ3n) is 5.01. The topological polar surface area (TPSA) is 17.1 Å². The molecule has 0 aliphatic heterocycles. The SMILES string of the molecule is CC(C=CC1=C(C)CCCC1(C)C)=C1C=CC(=CC=O)CC1. The van der Waals surface area contributed by atoms with Crippen LogP contribution in [0.15, 0.2) is 58.2 Å². The highest BCUT2D eigenvalue weighted by molar-refractivity contribution is 5.67. The maximum absolute atomic E-state index is 10.5. The summed E-state index contributed by atoms with van der Waals surface area (Å²) in [6, 6.07) is 0. The van der Waals surface area contributed by atoms with Crippen LogP contribution in [0.3, 0.4) is 0 Å². The van der Waals surface area contributed by atoms with Gasteiger partial charge in [-0.15, -0.1) is 0 Å². The fraction of sp³-hybridized carbons (Fsp3) is 0.476. The summed E-state index contributed by atoms with van der Waals surface area (Å²) in [5, 5.41) is 0. The van der Waals surface area contributed by atoms with E-state index in [2.05, 4.69) is 52.0 Å². The van der Waals surface area contributed by atoms with Gasteiger partial charge in [0.15, 0.2) is 0 Å². The molecule has 0 aromatic heterocycles. The number of carbonyl (C=O) groups excluding carboxylic acids is 1. The molecule has 0 unspecified atom stereocenters. The zero-order valence-corrected chi connectivity index (χ0v) is 14.4.